The van der Waals surface area contributed by atoms with Gasteiger partial charge in [0.05, 0.1) is 0 Å². The molecule has 1 aliphatic carbocycles. The molecule has 0 unspecified atom stereocenters. The molecule has 0 saturated heterocycles. The lowest BCUT2D eigenvalue weighted by molar-refractivity contribution is 0.0478. The normalized spacial score (nSPS) is 18.6. The molecule has 0 aliphatic heterocycles. The van der Waals surface area contributed by atoms with E-state index in [1.165, 1.54) is 32.1 Å². The van der Waals surface area contributed by atoms with Crippen molar-refractivity contribution < 1.29 is 9.53 Å². The van der Waals surface area contributed by atoms with Gasteiger partial charge < -0.3 is 10.1 Å². The number of ether oxygens (including phenoxy) is 1. The highest BCUT2D eigenvalue weighted by atomic mass is 16.6. The molecule has 0 aromatic heterocycles. The van der Waals surface area contributed by atoms with Gasteiger partial charge in [-0.1, -0.05) is 45.3 Å². The molecule has 3 heteroatoms. The van der Waals surface area contributed by atoms with Gasteiger partial charge in [0, 0.05) is 6.04 Å². The molecule has 3 nitrogen and oxygen atoms in total. The fourth-order valence-electron chi connectivity index (χ4n) is 2.98. The van der Waals surface area contributed by atoms with Gasteiger partial charge in [0.2, 0.25) is 0 Å². The van der Waals surface area contributed by atoms with Crippen molar-refractivity contribution in [2.75, 3.05) is 0 Å². The van der Waals surface area contributed by atoms with Crippen LogP contribution in [0, 0.1) is 11.8 Å². The first-order chi connectivity index (χ1) is 10.3. The lowest BCUT2D eigenvalue weighted by Crippen LogP contribution is -2.43. The van der Waals surface area contributed by atoms with E-state index in [1.807, 2.05) is 20.8 Å². The molecule has 0 aromatic rings. The van der Waals surface area contributed by atoms with Crippen molar-refractivity contribution in [1.29, 1.82) is 0 Å². The van der Waals surface area contributed by atoms with E-state index < -0.39 is 5.60 Å². The molecule has 0 spiro atoms. The van der Waals surface area contributed by atoms with Crippen molar-refractivity contribution in [1.82, 2.24) is 5.32 Å². The van der Waals surface area contributed by atoms with Crippen LogP contribution in [0.3, 0.4) is 0 Å². The van der Waals surface area contributed by atoms with E-state index in [1.54, 1.807) is 0 Å². The third kappa shape index (κ3) is 8.45. The van der Waals surface area contributed by atoms with Crippen LogP contribution in [0.1, 0.15) is 79.6 Å². The maximum absolute atomic E-state index is 12.1. The minimum atomic E-state index is -0.436. The van der Waals surface area contributed by atoms with E-state index in [4.69, 9.17) is 4.74 Å². The fourth-order valence-corrected chi connectivity index (χ4v) is 2.98. The molecule has 1 rings (SSSR count). The van der Waals surface area contributed by atoms with Crippen LogP contribution in [0.5, 0.6) is 0 Å². The number of rotatable bonds is 6. The third-order valence-corrected chi connectivity index (χ3v) is 4.09. The molecular formula is C19H35NO2. The standard InChI is InChI=1S/C19H35NO2/c1-15(2)11-9-10-14-17(16-12-7-6-8-13-16)20-18(21)22-19(3,4)5/h9-10,15-17H,6-8,11-14H2,1-5H3,(H,20,21)/t17-/m0/s1. The molecule has 1 fully saturated rings. The van der Waals surface area contributed by atoms with Crippen LogP contribution in [-0.2, 0) is 4.74 Å². The largest absolute Gasteiger partial charge is 0.444 e. The summed E-state index contributed by atoms with van der Waals surface area (Å²) in [6.45, 7) is 10.2. The Bertz CT molecular complexity index is 349. The molecule has 0 bridgehead atoms. The van der Waals surface area contributed by atoms with Crippen LogP contribution in [0.15, 0.2) is 12.2 Å². The molecule has 1 aliphatic rings. The van der Waals surface area contributed by atoms with Crippen molar-refractivity contribution in [2.24, 2.45) is 11.8 Å². The Labute approximate surface area is 136 Å². The number of allylic oxidation sites excluding steroid dienone is 1. The van der Waals surface area contributed by atoms with E-state index in [-0.39, 0.29) is 12.1 Å². The number of nitrogens with one attached hydrogen (secondary N) is 1. The summed E-state index contributed by atoms with van der Waals surface area (Å²) in [5.74, 6) is 1.27. The highest BCUT2D eigenvalue weighted by molar-refractivity contribution is 5.68. The van der Waals surface area contributed by atoms with Gasteiger partial charge in [-0.05, 0) is 58.3 Å². The molecule has 1 saturated carbocycles. The van der Waals surface area contributed by atoms with E-state index >= 15 is 0 Å². The first kappa shape index (κ1) is 19.1. The Kier molecular flexibility index (Phi) is 7.98. The zero-order valence-electron chi connectivity index (χ0n) is 15.2. The predicted molar refractivity (Wildman–Crippen MR) is 92.9 cm³/mol. The maximum Gasteiger partial charge on any atom is 0.407 e. The minimum Gasteiger partial charge on any atom is -0.444 e. The van der Waals surface area contributed by atoms with Gasteiger partial charge in [-0.2, -0.15) is 0 Å². The number of hydrogen-bond acceptors (Lipinski definition) is 2. The summed E-state index contributed by atoms with van der Waals surface area (Å²) in [5.41, 5.74) is -0.436. The average Bonchev–Trinajstić information content (AvgIpc) is 2.41. The predicted octanol–water partition coefficient (Wildman–Crippen LogP) is 5.45. The summed E-state index contributed by atoms with van der Waals surface area (Å²) in [6, 6.07) is 0.207. The van der Waals surface area contributed by atoms with Gasteiger partial charge in [-0.15, -0.1) is 0 Å². The van der Waals surface area contributed by atoms with E-state index in [9.17, 15) is 4.79 Å². The summed E-state index contributed by atoms with van der Waals surface area (Å²) < 4.78 is 5.43. The van der Waals surface area contributed by atoms with Gasteiger partial charge in [0.1, 0.15) is 5.60 Å². The summed E-state index contributed by atoms with van der Waals surface area (Å²) in [5, 5.41) is 3.12. The lowest BCUT2D eigenvalue weighted by atomic mass is 9.82. The van der Waals surface area contributed by atoms with Gasteiger partial charge >= 0.3 is 6.09 Å². The van der Waals surface area contributed by atoms with Crippen LogP contribution >= 0.6 is 0 Å². The number of carbonyl (C=O) groups excluding carboxylic acids is 1. The summed E-state index contributed by atoms with van der Waals surface area (Å²) in [7, 11) is 0. The molecule has 128 valence electrons. The topological polar surface area (TPSA) is 38.3 Å². The van der Waals surface area contributed by atoms with Crippen molar-refractivity contribution in [3.8, 4) is 0 Å². The van der Waals surface area contributed by atoms with E-state index in [0.29, 0.717) is 11.8 Å². The Hall–Kier alpha value is -0.990. The lowest BCUT2D eigenvalue weighted by Gasteiger charge is -2.31. The maximum atomic E-state index is 12.1. The first-order valence-corrected chi connectivity index (χ1v) is 8.92. The minimum absolute atomic E-state index is 0.207. The smallest absolute Gasteiger partial charge is 0.407 e. The van der Waals surface area contributed by atoms with Gasteiger partial charge in [-0.25, -0.2) is 4.79 Å². The van der Waals surface area contributed by atoms with Crippen LogP contribution in [0.4, 0.5) is 4.79 Å². The van der Waals surface area contributed by atoms with Crippen LogP contribution in [0.25, 0.3) is 0 Å². The second-order valence-corrected chi connectivity index (χ2v) is 7.99. The Morgan fingerprint density at radius 3 is 2.27 bits per heavy atom. The number of amides is 1. The monoisotopic (exact) mass is 309 g/mol. The summed E-state index contributed by atoms with van der Waals surface area (Å²) in [6.07, 6.45) is 12.6. The molecule has 0 radical (unpaired) electrons. The Balaban J connectivity index is 2.57. The number of hydrogen-bond donors (Lipinski definition) is 1. The zero-order valence-corrected chi connectivity index (χ0v) is 15.2. The van der Waals surface area contributed by atoms with Crippen molar-refractivity contribution >= 4 is 6.09 Å². The SMILES string of the molecule is CC(C)CC=CC[C@H](NC(=O)OC(C)(C)C)C1CCCCC1. The summed E-state index contributed by atoms with van der Waals surface area (Å²) in [4.78, 5) is 12.1. The van der Waals surface area contributed by atoms with Crippen LogP contribution in [0.2, 0.25) is 0 Å². The number of alkyl carbamates (subject to hydrolysis) is 1. The highest BCUT2D eigenvalue weighted by Gasteiger charge is 2.26. The quantitative estimate of drug-likeness (QED) is 0.662. The third-order valence-electron chi connectivity index (χ3n) is 4.09. The van der Waals surface area contributed by atoms with Gasteiger partial charge in [-0.3, -0.25) is 0 Å². The zero-order chi connectivity index (χ0) is 16.6. The van der Waals surface area contributed by atoms with Crippen LogP contribution in [-0.4, -0.2) is 17.7 Å². The van der Waals surface area contributed by atoms with E-state index in [2.05, 4.69) is 31.3 Å². The molecule has 0 heterocycles. The van der Waals surface area contributed by atoms with Gasteiger partial charge in [0.15, 0.2) is 0 Å². The first-order valence-electron chi connectivity index (χ1n) is 8.92. The fraction of sp³-hybridized carbons (Fsp3) is 0.842. The second-order valence-electron chi connectivity index (χ2n) is 7.99. The molecule has 0 aromatic carbocycles. The molecular weight excluding hydrogens is 274 g/mol. The second kappa shape index (κ2) is 9.22. The van der Waals surface area contributed by atoms with Crippen molar-refractivity contribution in [2.45, 2.75) is 91.2 Å². The Morgan fingerprint density at radius 1 is 1.14 bits per heavy atom. The molecule has 1 N–H and O–H groups in total. The molecule has 22 heavy (non-hydrogen) atoms. The van der Waals surface area contributed by atoms with Crippen molar-refractivity contribution in [3.05, 3.63) is 12.2 Å². The number of carbonyl (C=O) groups is 1. The molecule has 1 atom stereocenters. The van der Waals surface area contributed by atoms with Crippen molar-refractivity contribution in [3.63, 3.8) is 0 Å². The summed E-state index contributed by atoms with van der Waals surface area (Å²) >= 11 is 0. The highest BCUT2D eigenvalue weighted by Crippen LogP contribution is 2.28. The van der Waals surface area contributed by atoms with E-state index in [0.717, 1.165) is 12.8 Å². The molecule has 1 amide bonds. The van der Waals surface area contributed by atoms with Crippen LogP contribution < -0.4 is 5.32 Å². The average molecular weight is 309 g/mol. The van der Waals surface area contributed by atoms with Gasteiger partial charge in [0.25, 0.3) is 0 Å². The Morgan fingerprint density at radius 2 is 1.73 bits per heavy atom.